The van der Waals surface area contributed by atoms with Crippen molar-refractivity contribution < 1.29 is 41.0 Å². The Morgan fingerprint density at radius 3 is 2.16 bits per heavy atom. The zero-order valence-corrected chi connectivity index (χ0v) is 20.6. The molecule has 2 aromatic rings. The van der Waals surface area contributed by atoms with Crippen molar-refractivity contribution in [2.75, 3.05) is 6.54 Å². The molecule has 2 fully saturated rings. The predicted molar refractivity (Wildman–Crippen MR) is 123 cm³/mol. The highest BCUT2D eigenvalue weighted by molar-refractivity contribution is 5.74. The first-order valence-corrected chi connectivity index (χ1v) is 12.1. The molecular weight excluding hydrogens is 500 g/mol. The lowest BCUT2D eigenvalue weighted by Crippen LogP contribution is -2.43. The summed E-state index contributed by atoms with van der Waals surface area (Å²) in [5.74, 6) is -1.07. The van der Waals surface area contributed by atoms with Gasteiger partial charge in [0.25, 0.3) is 0 Å². The van der Waals surface area contributed by atoms with E-state index in [-0.39, 0.29) is 29.4 Å². The van der Waals surface area contributed by atoms with Gasteiger partial charge in [0.1, 0.15) is 6.23 Å². The molecular formula is C27H29F6NO3. The average molecular weight is 530 g/mol. The Morgan fingerprint density at radius 1 is 1.03 bits per heavy atom. The number of amides is 1. The molecule has 0 bridgehead atoms. The van der Waals surface area contributed by atoms with Crippen LogP contribution in [0.15, 0.2) is 42.5 Å². The number of alkyl halides is 6. The fourth-order valence-corrected chi connectivity index (χ4v) is 5.89. The van der Waals surface area contributed by atoms with E-state index in [4.69, 9.17) is 4.74 Å². The number of hydrogen-bond acceptors (Lipinski definition) is 3. The summed E-state index contributed by atoms with van der Waals surface area (Å²) in [6, 6.07) is 8.95. The maximum atomic E-state index is 13.4. The second kappa shape index (κ2) is 9.94. The third kappa shape index (κ3) is 5.50. The summed E-state index contributed by atoms with van der Waals surface area (Å²) in [7, 11) is 0. The topological polar surface area (TPSA) is 49.8 Å². The number of aliphatic hydroxyl groups excluding tert-OH is 1. The maximum absolute atomic E-state index is 13.4. The van der Waals surface area contributed by atoms with Crippen LogP contribution in [0, 0.1) is 18.8 Å². The van der Waals surface area contributed by atoms with Crippen molar-refractivity contribution in [3.63, 3.8) is 0 Å². The lowest BCUT2D eigenvalue weighted by molar-refractivity contribution is -0.144. The number of hydrogen-bond donors (Lipinski definition) is 1. The van der Waals surface area contributed by atoms with E-state index in [1.54, 1.807) is 0 Å². The number of aliphatic hydroxyl groups is 1. The van der Waals surface area contributed by atoms with Crippen molar-refractivity contribution in [1.29, 1.82) is 0 Å². The Bertz CT molecular complexity index is 1120. The molecule has 4 rings (SSSR count). The molecule has 2 aliphatic rings. The van der Waals surface area contributed by atoms with Crippen LogP contribution in [0.3, 0.4) is 0 Å². The van der Waals surface area contributed by atoms with Crippen LogP contribution < -0.4 is 0 Å². The zero-order valence-electron chi connectivity index (χ0n) is 20.6. The van der Waals surface area contributed by atoms with Crippen LogP contribution in [-0.4, -0.2) is 34.8 Å². The number of halogens is 6. The standard InChI is InChI=1S/C27H29F6NO3/c1-14-6-4-5-7-21(14)24-22(9-8-17-13-34(16(3)35)25(36)23(17)24)37-15(2)18-10-19(26(28,29)30)12-20(11-18)27(31,32)33/h4-7,10-12,15,17,22-25,36H,8-9,13H2,1-3H3/t15-,17-,22+,23-,24-,25?/m1/s1. The van der Waals surface area contributed by atoms with E-state index in [1.165, 1.54) is 18.7 Å². The normalized spacial score (nSPS) is 27.2. The van der Waals surface area contributed by atoms with Gasteiger partial charge in [0.2, 0.25) is 5.91 Å². The Hall–Kier alpha value is -2.59. The van der Waals surface area contributed by atoms with Gasteiger partial charge in [0.05, 0.1) is 23.3 Å². The molecule has 0 spiro atoms. The molecule has 1 N–H and O–H groups in total. The van der Waals surface area contributed by atoms with Gasteiger partial charge in [-0.3, -0.25) is 4.79 Å². The number of aryl methyl sites for hydroxylation is 1. The van der Waals surface area contributed by atoms with Crippen LogP contribution in [0.25, 0.3) is 0 Å². The highest BCUT2D eigenvalue weighted by Crippen LogP contribution is 2.50. The number of carbonyl (C=O) groups excluding carboxylic acids is 1. The number of carbonyl (C=O) groups is 1. The second-order valence-electron chi connectivity index (χ2n) is 10.0. The summed E-state index contributed by atoms with van der Waals surface area (Å²) in [6.07, 6.45) is -11.6. The summed E-state index contributed by atoms with van der Waals surface area (Å²) in [6.45, 7) is 5.09. The number of fused-ring (bicyclic) bond motifs is 1. The van der Waals surface area contributed by atoms with Crippen molar-refractivity contribution in [2.24, 2.45) is 11.8 Å². The van der Waals surface area contributed by atoms with Gasteiger partial charge in [-0.1, -0.05) is 24.3 Å². The Labute approximate surface area is 211 Å². The molecule has 0 radical (unpaired) electrons. The Kier molecular flexibility index (Phi) is 7.38. The number of benzene rings is 2. The first kappa shape index (κ1) is 27.4. The Morgan fingerprint density at radius 2 is 1.62 bits per heavy atom. The first-order chi connectivity index (χ1) is 17.2. The van der Waals surface area contributed by atoms with Gasteiger partial charge in [-0.25, -0.2) is 0 Å². The van der Waals surface area contributed by atoms with E-state index in [0.717, 1.165) is 11.1 Å². The van der Waals surface area contributed by atoms with E-state index in [2.05, 4.69) is 0 Å². The van der Waals surface area contributed by atoms with Gasteiger partial charge in [-0.15, -0.1) is 0 Å². The van der Waals surface area contributed by atoms with Crippen LogP contribution in [-0.2, 0) is 21.9 Å². The lowest BCUT2D eigenvalue weighted by Gasteiger charge is -2.42. The SMILES string of the molecule is CC(=O)N1C[C@H]2CC[C@H](O[C@H](C)c3cc(C(F)(F)F)cc(C(F)(F)F)c3)[C@@H](c3ccccc3C)[C@@H]2C1O. The molecule has 1 aliphatic carbocycles. The van der Waals surface area contributed by atoms with Crippen LogP contribution in [0.1, 0.15) is 66.5 Å². The third-order valence-electron chi connectivity index (χ3n) is 7.69. The molecule has 37 heavy (non-hydrogen) atoms. The number of rotatable bonds is 4. The van der Waals surface area contributed by atoms with E-state index in [9.17, 15) is 36.2 Å². The van der Waals surface area contributed by atoms with Crippen molar-refractivity contribution in [2.45, 2.75) is 70.3 Å². The molecule has 10 heteroatoms. The van der Waals surface area contributed by atoms with Crippen LogP contribution in [0.4, 0.5) is 26.3 Å². The molecule has 4 nitrogen and oxygen atoms in total. The number of likely N-dealkylation sites (tertiary alicyclic amines) is 1. The van der Waals surface area contributed by atoms with Crippen molar-refractivity contribution in [3.8, 4) is 0 Å². The minimum absolute atomic E-state index is 0.0101. The van der Waals surface area contributed by atoms with Crippen molar-refractivity contribution in [3.05, 3.63) is 70.3 Å². The summed E-state index contributed by atoms with van der Waals surface area (Å²) in [5.41, 5.74) is -1.23. The van der Waals surface area contributed by atoms with Gasteiger partial charge in [-0.2, -0.15) is 26.3 Å². The van der Waals surface area contributed by atoms with Gasteiger partial charge in [-0.05, 0) is 67.5 Å². The van der Waals surface area contributed by atoms with Gasteiger partial charge in [0.15, 0.2) is 0 Å². The molecule has 1 amide bonds. The van der Waals surface area contributed by atoms with Gasteiger partial charge < -0.3 is 14.7 Å². The van der Waals surface area contributed by atoms with Crippen molar-refractivity contribution >= 4 is 5.91 Å². The first-order valence-electron chi connectivity index (χ1n) is 12.1. The van der Waals surface area contributed by atoms with E-state index >= 15 is 0 Å². The minimum atomic E-state index is -4.96. The molecule has 1 unspecified atom stereocenters. The molecule has 1 aliphatic heterocycles. The maximum Gasteiger partial charge on any atom is 0.416 e. The molecule has 0 aromatic heterocycles. The van der Waals surface area contributed by atoms with E-state index in [0.29, 0.717) is 31.5 Å². The molecule has 2 aromatic carbocycles. The largest absolute Gasteiger partial charge is 0.416 e. The molecule has 6 atom stereocenters. The molecule has 1 saturated carbocycles. The van der Waals surface area contributed by atoms with E-state index in [1.807, 2.05) is 31.2 Å². The fraction of sp³-hybridized carbons (Fsp3) is 0.519. The minimum Gasteiger partial charge on any atom is -0.373 e. The quantitative estimate of drug-likeness (QED) is 0.462. The van der Waals surface area contributed by atoms with Gasteiger partial charge in [0, 0.05) is 25.3 Å². The average Bonchev–Trinajstić information content (AvgIpc) is 3.15. The fourth-order valence-electron chi connectivity index (χ4n) is 5.89. The molecule has 202 valence electrons. The number of nitrogens with zero attached hydrogens (tertiary/aromatic N) is 1. The second-order valence-corrected chi connectivity index (χ2v) is 10.0. The van der Waals surface area contributed by atoms with Crippen LogP contribution >= 0.6 is 0 Å². The summed E-state index contributed by atoms with van der Waals surface area (Å²) >= 11 is 0. The summed E-state index contributed by atoms with van der Waals surface area (Å²) < 4.78 is 86.7. The van der Waals surface area contributed by atoms with Crippen LogP contribution in [0.2, 0.25) is 0 Å². The number of ether oxygens (including phenoxy) is 1. The lowest BCUT2D eigenvalue weighted by atomic mass is 9.68. The van der Waals surface area contributed by atoms with Gasteiger partial charge >= 0.3 is 12.4 Å². The van der Waals surface area contributed by atoms with E-state index < -0.39 is 47.8 Å². The summed E-state index contributed by atoms with van der Waals surface area (Å²) in [5, 5.41) is 11.1. The van der Waals surface area contributed by atoms with Crippen LogP contribution in [0.5, 0.6) is 0 Å². The third-order valence-corrected chi connectivity index (χ3v) is 7.69. The molecule has 1 heterocycles. The summed E-state index contributed by atoms with van der Waals surface area (Å²) in [4.78, 5) is 13.5. The zero-order chi connectivity index (χ0) is 27.3. The highest BCUT2D eigenvalue weighted by Gasteiger charge is 2.52. The predicted octanol–water partition coefficient (Wildman–Crippen LogP) is 6.47. The van der Waals surface area contributed by atoms with Crippen molar-refractivity contribution in [1.82, 2.24) is 4.90 Å². The highest BCUT2D eigenvalue weighted by atomic mass is 19.4. The Balaban J connectivity index is 1.71. The smallest absolute Gasteiger partial charge is 0.373 e. The monoisotopic (exact) mass is 529 g/mol. The molecule has 1 saturated heterocycles.